The minimum atomic E-state index is -0.399. The maximum Gasteiger partial charge on any atom is 0.251 e. The highest BCUT2D eigenvalue weighted by Gasteiger charge is 2.30. The molecule has 1 N–H and O–H groups in total. The number of imide groups is 1. The highest BCUT2D eigenvalue weighted by molar-refractivity contribution is 6.00. The van der Waals surface area contributed by atoms with E-state index in [1.165, 1.54) is 5.56 Å². The number of carbonyl (C=O) groups excluding carboxylic acids is 2. The van der Waals surface area contributed by atoms with Crippen LogP contribution >= 0.6 is 0 Å². The van der Waals surface area contributed by atoms with Crippen LogP contribution in [0.25, 0.3) is 10.9 Å². The van der Waals surface area contributed by atoms with E-state index in [2.05, 4.69) is 36.4 Å². The van der Waals surface area contributed by atoms with Crippen LogP contribution in [0.2, 0.25) is 0 Å². The van der Waals surface area contributed by atoms with E-state index in [4.69, 9.17) is 0 Å². The number of hydrogen-bond acceptors (Lipinski definition) is 3. The first-order valence-corrected chi connectivity index (χ1v) is 7.30. The van der Waals surface area contributed by atoms with Crippen LogP contribution in [0.5, 0.6) is 0 Å². The molecular formula is C16H19N3O2. The van der Waals surface area contributed by atoms with Gasteiger partial charge < -0.3 is 0 Å². The molecule has 0 radical (unpaired) electrons. The standard InChI is InChI=1S/C16H19N3O2/c1-9(2)11-4-5-13-12(8-11)10(3)18-19(13)14-6-7-15(20)17-16(14)21/h4-5,8-9,14H,6-7H2,1-3H3,(H,17,20,21). The molecule has 1 aromatic heterocycles. The minimum Gasteiger partial charge on any atom is -0.295 e. The Balaban J connectivity index is 2.08. The average molecular weight is 285 g/mol. The Bertz CT molecular complexity index is 730. The van der Waals surface area contributed by atoms with Crippen molar-refractivity contribution in [1.82, 2.24) is 15.1 Å². The third-order valence-corrected chi connectivity index (χ3v) is 4.09. The quantitative estimate of drug-likeness (QED) is 0.862. The summed E-state index contributed by atoms with van der Waals surface area (Å²) in [5.41, 5.74) is 3.12. The van der Waals surface area contributed by atoms with E-state index < -0.39 is 6.04 Å². The second-order valence-electron chi connectivity index (χ2n) is 5.93. The van der Waals surface area contributed by atoms with Crippen molar-refractivity contribution in [2.75, 3.05) is 0 Å². The highest BCUT2D eigenvalue weighted by Crippen LogP contribution is 2.28. The lowest BCUT2D eigenvalue weighted by atomic mass is 10.0. The van der Waals surface area contributed by atoms with Crippen molar-refractivity contribution in [3.63, 3.8) is 0 Å². The summed E-state index contributed by atoms with van der Waals surface area (Å²) < 4.78 is 1.76. The summed E-state index contributed by atoms with van der Waals surface area (Å²) in [6.07, 6.45) is 0.869. The van der Waals surface area contributed by atoms with Crippen molar-refractivity contribution in [3.8, 4) is 0 Å². The van der Waals surface area contributed by atoms with Gasteiger partial charge in [-0.1, -0.05) is 19.9 Å². The third kappa shape index (κ3) is 2.33. The lowest BCUT2D eigenvalue weighted by molar-refractivity contribution is -0.135. The fourth-order valence-corrected chi connectivity index (χ4v) is 2.82. The molecular weight excluding hydrogens is 266 g/mol. The number of benzene rings is 1. The SMILES string of the molecule is Cc1nn(C2CCC(=O)NC2=O)c2ccc(C(C)C)cc12. The fourth-order valence-electron chi connectivity index (χ4n) is 2.82. The number of amides is 2. The van der Waals surface area contributed by atoms with E-state index in [1.807, 2.05) is 13.0 Å². The summed E-state index contributed by atoms with van der Waals surface area (Å²) in [5.74, 6) is -0.0112. The lowest BCUT2D eigenvalue weighted by Crippen LogP contribution is -2.42. The molecule has 3 rings (SSSR count). The van der Waals surface area contributed by atoms with E-state index in [9.17, 15) is 9.59 Å². The van der Waals surface area contributed by atoms with Gasteiger partial charge in [0.2, 0.25) is 5.91 Å². The smallest absolute Gasteiger partial charge is 0.251 e. The summed E-state index contributed by atoms with van der Waals surface area (Å²) in [6, 6.07) is 5.85. The summed E-state index contributed by atoms with van der Waals surface area (Å²) in [4.78, 5) is 23.3. The molecule has 1 saturated heterocycles. The van der Waals surface area contributed by atoms with Gasteiger partial charge in [-0.15, -0.1) is 0 Å². The number of nitrogens with one attached hydrogen (secondary N) is 1. The average Bonchev–Trinajstić information content (AvgIpc) is 2.75. The van der Waals surface area contributed by atoms with Crippen LogP contribution in [-0.2, 0) is 9.59 Å². The molecule has 1 unspecified atom stereocenters. The van der Waals surface area contributed by atoms with Gasteiger partial charge in [-0.25, -0.2) is 0 Å². The second-order valence-corrected chi connectivity index (χ2v) is 5.93. The Labute approximate surface area is 123 Å². The number of aryl methyl sites for hydroxylation is 1. The molecule has 2 amide bonds. The van der Waals surface area contributed by atoms with Gasteiger partial charge in [0.25, 0.3) is 5.91 Å². The van der Waals surface area contributed by atoms with Crippen molar-refractivity contribution in [3.05, 3.63) is 29.5 Å². The molecule has 0 spiro atoms. The van der Waals surface area contributed by atoms with Crippen molar-refractivity contribution >= 4 is 22.7 Å². The Hall–Kier alpha value is -2.17. The molecule has 2 aromatic rings. The molecule has 1 aliphatic heterocycles. The molecule has 21 heavy (non-hydrogen) atoms. The first-order valence-electron chi connectivity index (χ1n) is 7.30. The van der Waals surface area contributed by atoms with Gasteiger partial charge in [0.15, 0.2) is 0 Å². The number of aromatic nitrogens is 2. The highest BCUT2D eigenvalue weighted by atomic mass is 16.2. The van der Waals surface area contributed by atoms with E-state index in [-0.39, 0.29) is 11.8 Å². The van der Waals surface area contributed by atoms with Crippen molar-refractivity contribution in [1.29, 1.82) is 0 Å². The van der Waals surface area contributed by atoms with Gasteiger partial charge in [-0.2, -0.15) is 5.10 Å². The second kappa shape index (κ2) is 4.98. The predicted molar refractivity (Wildman–Crippen MR) is 80.0 cm³/mol. The maximum absolute atomic E-state index is 12.0. The van der Waals surface area contributed by atoms with Crippen LogP contribution in [0.4, 0.5) is 0 Å². The number of carbonyl (C=O) groups is 2. The minimum absolute atomic E-state index is 0.202. The van der Waals surface area contributed by atoms with Crippen LogP contribution in [0.3, 0.4) is 0 Å². The number of nitrogens with zero attached hydrogens (tertiary/aromatic N) is 2. The maximum atomic E-state index is 12.0. The molecule has 1 aliphatic rings. The Morgan fingerprint density at radius 1 is 1.33 bits per heavy atom. The molecule has 1 aromatic carbocycles. The van der Waals surface area contributed by atoms with E-state index in [1.54, 1.807) is 4.68 Å². The summed E-state index contributed by atoms with van der Waals surface area (Å²) in [5, 5.41) is 8.00. The Kier molecular flexibility index (Phi) is 3.27. The topological polar surface area (TPSA) is 64.0 Å². The molecule has 0 saturated carbocycles. The largest absolute Gasteiger partial charge is 0.295 e. The summed E-state index contributed by atoms with van der Waals surface area (Å²) in [6.45, 7) is 6.26. The van der Waals surface area contributed by atoms with E-state index >= 15 is 0 Å². The van der Waals surface area contributed by atoms with Crippen molar-refractivity contribution < 1.29 is 9.59 Å². The molecule has 2 heterocycles. The number of piperidine rings is 1. The van der Waals surface area contributed by atoms with Crippen LogP contribution in [0.1, 0.15) is 49.9 Å². The summed E-state index contributed by atoms with van der Waals surface area (Å²) >= 11 is 0. The van der Waals surface area contributed by atoms with Crippen molar-refractivity contribution in [2.24, 2.45) is 0 Å². The van der Waals surface area contributed by atoms with E-state index in [0.29, 0.717) is 18.8 Å². The Morgan fingerprint density at radius 3 is 2.76 bits per heavy atom. The zero-order valence-corrected chi connectivity index (χ0v) is 12.5. The third-order valence-electron chi connectivity index (χ3n) is 4.09. The van der Waals surface area contributed by atoms with Gasteiger partial charge >= 0.3 is 0 Å². The van der Waals surface area contributed by atoms with E-state index in [0.717, 1.165) is 16.6 Å². The molecule has 5 heteroatoms. The van der Waals surface area contributed by atoms with Gasteiger partial charge in [0.05, 0.1) is 11.2 Å². The van der Waals surface area contributed by atoms with Crippen LogP contribution < -0.4 is 5.32 Å². The van der Waals surface area contributed by atoms with Gasteiger partial charge in [-0.3, -0.25) is 19.6 Å². The number of fused-ring (bicyclic) bond motifs is 1. The first-order chi connectivity index (χ1) is 9.97. The molecule has 110 valence electrons. The first kappa shape index (κ1) is 13.8. The zero-order chi connectivity index (χ0) is 15.1. The van der Waals surface area contributed by atoms with Gasteiger partial charge in [-0.05, 0) is 37.0 Å². The molecule has 0 bridgehead atoms. The lowest BCUT2D eigenvalue weighted by Gasteiger charge is -2.21. The van der Waals surface area contributed by atoms with Crippen LogP contribution in [0.15, 0.2) is 18.2 Å². The van der Waals surface area contributed by atoms with Gasteiger partial charge in [0, 0.05) is 11.8 Å². The van der Waals surface area contributed by atoms with Crippen LogP contribution in [0, 0.1) is 6.92 Å². The normalized spacial score (nSPS) is 19.3. The van der Waals surface area contributed by atoms with Gasteiger partial charge in [0.1, 0.15) is 6.04 Å². The fraction of sp³-hybridized carbons (Fsp3) is 0.438. The molecule has 5 nitrogen and oxygen atoms in total. The van der Waals surface area contributed by atoms with Crippen molar-refractivity contribution in [2.45, 2.75) is 45.6 Å². The molecule has 1 fully saturated rings. The molecule has 1 atom stereocenters. The summed E-state index contributed by atoms with van der Waals surface area (Å²) in [7, 11) is 0. The monoisotopic (exact) mass is 285 g/mol. The van der Waals surface area contributed by atoms with Crippen LogP contribution in [-0.4, -0.2) is 21.6 Å². The number of rotatable bonds is 2. The zero-order valence-electron chi connectivity index (χ0n) is 12.5. The molecule has 0 aliphatic carbocycles. The predicted octanol–water partition coefficient (Wildman–Crippen LogP) is 2.45. The number of hydrogen-bond donors (Lipinski definition) is 1. The Morgan fingerprint density at radius 2 is 2.10 bits per heavy atom.